The quantitative estimate of drug-likeness (QED) is 0.807. The van der Waals surface area contributed by atoms with Gasteiger partial charge in [-0.15, -0.1) is 0 Å². The lowest BCUT2D eigenvalue weighted by Crippen LogP contribution is -2.45. The first-order valence-electron chi connectivity index (χ1n) is 8.69. The molecule has 2 saturated heterocycles. The van der Waals surface area contributed by atoms with Crippen LogP contribution in [0.25, 0.3) is 0 Å². The number of likely N-dealkylation sites (tertiary alicyclic amines) is 1. The number of ether oxygens (including phenoxy) is 1. The molecule has 2 rings (SSSR count). The van der Waals surface area contributed by atoms with Crippen LogP contribution in [-0.4, -0.2) is 73.9 Å². The predicted octanol–water partition coefficient (Wildman–Crippen LogP) is 1.50. The molecule has 0 aromatic heterocycles. The first-order valence-corrected chi connectivity index (χ1v) is 8.69. The highest BCUT2D eigenvalue weighted by molar-refractivity contribution is 5.75. The molecule has 0 spiro atoms. The Morgan fingerprint density at radius 3 is 2.73 bits per heavy atom. The molecule has 0 saturated carbocycles. The molecule has 0 aromatic carbocycles. The van der Waals surface area contributed by atoms with Crippen LogP contribution in [0.5, 0.6) is 0 Å². The lowest BCUT2D eigenvalue weighted by molar-refractivity contribution is -0.133. The van der Waals surface area contributed by atoms with Gasteiger partial charge in [0.25, 0.3) is 0 Å². The first kappa shape index (κ1) is 17.7. The molecule has 5 heteroatoms. The van der Waals surface area contributed by atoms with Crippen LogP contribution in [0.1, 0.15) is 44.9 Å². The predicted molar refractivity (Wildman–Crippen MR) is 86.7 cm³/mol. The van der Waals surface area contributed by atoms with E-state index in [1.165, 1.54) is 19.3 Å². The number of carbonyl (C=O) groups excluding carboxylic acids is 1. The van der Waals surface area contributed by atoms with Crippen molar-refractivity contribution in [2.75, 3.05) is 47.0 Å². The van der Waals surface area contributed by atoms with Gasteiger partial charge in [0.2, 0.25) is 5.91 Å². The van der Waals surface area contributed by atoms with Gasteiger partial charge in [-0.3, -0.25) is 4.79 Å². The van der Waals surface area contributed by atoms with E-state index >= 15 is 0 Å². The fraction of sp³-hybridized carbons (Fsp3) is 0.941. The summed E-state index contributed by atoms with van der Waals surface area (Å²) in [7, 11) is 4.04. The number of rotatable bonds is 6. The van der Waals surface area contributed by atoms with Gasteiger partial charge in [0.15, 0.2) is 0 Å². The van der Waals surface area contributed by atoms with E-state index in [1.54, 1.807) is 0 Å². The molecule has 22 heavy (non-hydrogen) atoms. The highest BCUT2D eigenvalue weighted by atomic mass is 16.5. The minimum absolute atomic E-state index is 0.138. The van der Waals surface area contributed by atoms with Gasteiger partial charge >= 0.3 is 0 Å². The van der Waals surface area contributed by atoms with Gasteiger partial charge in [-0.1, -0.05) is 6.42 Å². The van der Waals surface area contributed by atoms with Gasteiger partial charge in [0.05, 0.1) is 6.61 Å². The maximum Gasteiger partial charge on any atom is 0.222 e. The van der Waals surface area contributed by atoms with Crippen LogP contribution in [0.4, 0.5) is 0 Å². The third-order valence-corrected chi connectivity index (χ3v) is 5.50. The maximum atomic E-state index is 12.4. The van der Waals surface area contributed by atoms with Crippen LogP contribution in [0.15, 0.2) is 0 Å². The molecule has 2 aliphatic heterocycles. The number of aliphatic hydroxyl groups excluding tert-OH is 1. The number of aliphatic hydroxyl groups is 1. The van der Waals surface area contributed by atoms with Gasteiger partial charge in [-0.05, 0) is 45.7 Å². The van der Waals surface area contributed by atoms with E-state index in [4.69, 9.17) is 4.74 Å². The average Bonchev–Trinajstić information content (AvgIpc) is 2.54. The van der Waals surface area contributed by atoms with E-state index in [0.717, 1.165) is 25.8 Å². The smallest absolute Gasteiger partial charge is 0.222 e. The maximum absolute atomic E-state index is 12.4. The molecule has 128 valence electrons. The van der Waals surface area contributed by atoms with Crippen molar-refractivity contribution in [1.29, 1.82) is 0 Å². The minimum Gasteiger partial charge on any atom is -0.396 e. The van der Waals surface area contributed by atoms with Crippen molar-refractivity contribution in [1.82, 2.24) is 9.80 Å². The third-order valence-electron chi connectivity index (χ3n) is 5.50. The SMILES string of the molecule is CN(CC1(CO)CCOCC1)C(=O)CC[C@H]1CCCCN1C. The van der Waals surface area contributed by atoms with E-state index in [1.807, 2.05) is 11.9 Å². The van der Waals surface area contributed by atoms with Gasteiger partial charge in [0, 0.05) is 44.7 Å². The Morgan fingerprint density at radius 2 is 2.09 bits per heavy atom. The van der Waals surface area contributed by atoms with Crippen molar-refractivity contribution in [2.45, 2.75) is 51.0 Å². The van der Waals surface area contributed by atoms with E-state index in [2.05, 4.69) is 11.9 Å². The standard InChI is InChI=1S/C17H32N2O3/c1-18-10-4-3-5-15(18)6-7-16(21)19(2)13-17(14-20)8-11-22-12-9-17/h15,20H,3-14H2,1-2H3/t15-/m1/s1. The van der Waals surface area contributed by atoms with E-state index in [0.29, 0.717) is 32.2 Å². The van der Waals surface area contributed by atoms with Crippen molar-refractivity contribution in [3.05, 3.63) is 0 Å². The Kier molecular flexibility index (Phi) is 6.66. The number of hydrogen-bond donors (Lipinski definition) is 1. The molecular formula is C17H32N2O3. The molecule has 0 aliphatic carbocycles. The topological polar surface area (TPSA) is 53.0 Å². The highest BCUT2D eigenvalue weighted by Crippen LogP contribution is 2.31. The van der Waals surface area contributed by atoms with E-state index in [-0.39, 0.29) is 17.9 Å². The lowest BCUT2D eigenvalue weighted by Gasteiger charge is -2.38. The molecule has 5 nitrogen and oxygen atoms in total. The van der Waals surface area contributed by atoms with Crippen LogP contribution in [0, 0.1) is 5.41 Å². The van der Waals surface area contributed by atoms with Crippen molar-refractivity contribution in [2.24, 2.45) is 5.41 Å². The van der Waals surface area contributed by atoms with Gasteiger partial charge < -0.3 is 19.6 Å². The highest BCUT2D eigenvalue weighted by Gasteiger charge is 2.34. The van der Waals surface area contributed by atoms with Crippen molar-refractivity contribution in [3.63, 3.8) is 0 Å². The number of piperidine rings is 1. The lowest BCUT2D eigenvalue weighted by atomic mass is 9.80. The number of amides is 1. The van der Waals surface area contributed by atoms with Crippen LogP contribution in [0.3, 0.4) is 0 Å². The molecule has 2 fully saturated rings. The zero-order valence-corrected chi connectivity index (χ0v) is 14.2. The largest absolute Gasteiger partial charge is 0.396 e. The summed E-state index contributed by atoms with van der Waals surface area (Å²) in [5, 5.41) is 9.74. The second-order valence-corrected chi connectivity index (χ2v) is 7.19. The van der Waals surface area contributed by atoms with Gasteiger partial charge in [-0.2, -0.15) is 0 Å². The summed E-state index contributed by atoms with van der Waals surface area (Å²) in [6.07, 6.45) is 7.03. The minimum atomic E-state index is -0.162. The van der Waals surface area contributed by atoms with Gasteiger partial charge in [0.1, 0.15) is 0 Å². The number of hydrogen-bond acceptors (Lipinski definition) is 4. The van der Waals surface area contributed by atoms with Crippen LogP contribution in [-0.2, 0) is 9.53 Å². The molecular weight excluding hydrogens is 280 g/mol. The Balaban J connectivity index is 1.78. The van der Waals surface area contributed by atoms with Crippen LogP contribution < -0.4 is 0 Å². The molecule has 0 bridgehead atoms. The Bertz CT molecular complexity index is 356. The average molecular weight is 312 g/mol. The van der Waals surface area contributed by atoms with Crippen LogP contribution in [0.2, 0.25) is 0 Å². The normalized spacial score (nSPS) is 25.9. The Morgan fingerprint density at radius 1 is 1.36 bits per heavy atom. The number of carbonyl (C=O) groups is 1. The summed E-state index contributed by atoms with van der Waals surface area (Å²) in [5.74, 6) is 0.207. The molecule has 2 aliphatic rings. The molecule has 1 amide bonds. The summed E-state index contributed by atoms with van der Waals surface area (Å²) >= 11 is 0. The fourth-order valence-electron chi connectivity index (χ4n) is 3.75. The van der Waals surface area contributed by atoms with Crippen molar-refractivity contribution in [3.8, 4) is 0 Å². The second-order valence-electron chi connectivity index (χ2n) is 7.19. The zero-order valence-electron chi connectivity index (χ0n) is 14.2. The molecule has 0 unspecified atom stereocenters. The van der Waals surface area contributed by atoms with E-state index < -0.39 is 0 Å². The van der Waals surface area contributed by atoms with Gasteiger partial charge in [-0.25, -0.2) is 0 Å². The summed E-state index contributed by atoms with van der Waals surface area (Å²) in [5.41, 5.74) is -0.162. The summed E-state index contributed by atoms with van der Waals surface area (Å²) in [4.78, 5) is 16.6. The third kappa shape index (κ3) is 4.67. The Hall–Kier alpha value is -0.650. The second kappa shape index (κ2) is 8.27. The fourth-order valence-corrected chi connectivity index (χ4v) is 3.75. The monoisotopic (exact) mass is 312 g/mol. The molecule has 0 radical (unpaired) electrons. The molecule has 2 heterocycles. The number of nitrogens with zero attached hydrogens (tertiary/aromatic N) is 2. The Labute approximate surface area is 134 Å². The van der Waals surface area contributed by atoms with Crippen molar-refractivity contribution >= 4 is 5.91 Å². The first-order chi connectivity index (χ1) is 10.6. The molecule has 0 aromatic rings. The summed E-state index contributed by atoms with van der Waals surface area (Å²) in [6, 6.07) is 0.556. The van der Waals surface area contributed by atoms with Crippen molar-refractivity contribution < 1.29 is 14.6 Å². The molecule has 1 atom stereocenters. The molecule has 1 N–H and O–H groups in total. The zero-order chi connectivity index (χ0) is 16.0. The summed E-state index contributed by atoms with van der Waals surface area (Å²) in [6.45, 7) is 3.32. The summed E-state index contributed by atoms with van der Waals surface area (Å²) < 4.78 is 5.39. The van der Waals surface area contributed by atoms with E-state index in [9.17, 15) is 9.90 Å². The van der Waals surface area contributed by atoms with Crippen LogP contribution >= 0.6 is 0 Å².